The lowest BCUT2D eigenvalue weighted by Gasteiger charge is -2.20. The largest absolute Gasteiger partial charge is 0.461 e. The number of carbonyl (C=O) groups excluding carboxylic acids is 2. The minimum atomic E-state index is -0.419. The van der Waals surface area contributed by atoms with E-state index in [2.05, 4.69) is 36.3 Å². The number of nitrogens with one attached hydrogen (secondary N) is 1. The lowest BCUT2D eigenvalue weighted by molar-refractivity contribution is -0.148. The summed E-state index contributed by atoms with van der Waals surface area (Å²) in [6.45, 7) is 13.6. The van der Waals surface area contributed by atoms with Gasteiger partial charge in [0.2, 0.25) is 0 Å². The summed E-state index contributed by atoms with van der Waals surface area (Å²) in [5.41, 5.74) is 8.59. The zero-order valence-corrected chi connectivity index (χ0v) is 26.8. The minimum absolute atomic E-state index is 0.108. The molecular weight excluding hydrogens is 564 g/mol. The van der Waals surface area contributed by atoms with Crippen molar-refractivity contribution in [1.29, 1.82) is 0 Å². The van der Waals surface area contributed by atoms with Gasteiger partial charge in [0.1, 0.15) is 24.6 Å². The molecule has 0 atom stereocenters. The molecule has 0 unspecified atom stereocenters. The van der Waals surface area contributed by atoms with Crippen molar-refractivity contribution in [1.82, 2.24) is 0 Å². The quantitative estimate of drug-likeness (QED) is 0.128. The molecule has 7 nitrogen and oxygen atoms in total. The Bertz CT molecular complexity index is 1890. The zero-order chi connectivity index (χ0) is 32.1. The van der Waals surface area contributed by atoms with Gasteiger partial charge >= 0.3 is 11.9 Å². The number of aryl methyl sites for hydroxylation is 2. The fourth-order valence-corrected chi connectivity index (χ4v) is 5.36. The van der Waals surface area contributed by atoms with E-state index in [0.29, 0.717) is 23.5 Å². The SMILES string of the molecule is CCN=c1cc2oc3cc(NCC)c(C)cc3c(-c3ccccc3C(=O)OCc3ccc(COC(=O)C(C)C)cc3)c-2cc1C. The standard InChI is InChI=1S/C38H40N2O5/c1-7-39-32-19-34-30(17-24(32)5)36(31-18-25(6)33(40-8-2)20-35(31)45-34)28-11-9-10-12-29(28)38(42)44-22-27-15-13-26(14-16-27)21-43-37(41)23(3)4/h9-20,23,39H,7-8,21-22H2,1-6H3. The lowest BCUT2D eigenvalue weighted by atomic mass is 9.89. The van der Waals surface area contributed by atoms with Crippen molar-refractivity contribution >= 4 is 28.6 Å². The third-order valence-corrected chi connectivity index (χ3v) is 7.74. The molecule has 0 bridgehead atoms. The van der Waals surface area contributed by atoms with Gasteiger partial charge in [-0.15, -0.1) is 0 Å². The number of rotatable bonds is 10. The molecule has 3 aromatic carbocycles. The van der Waals surface area contributed by atoms with Crippen molar-refractivity contribution in [2.45, 2.75) is 54.8 Å². The van der Waals surface area contributed by atoms with Crippen LogP contribution in [0.4, 0.5) is 5.69 Å². The van der Waals surface area contributed by atoms with Crippen molar-refractivity contribution in [2.75, 3.05) is 18.4 Å². The summed E-state index contributed by atoms with van der Waals surface area (Å²) in [6.07, 6.45) is 0. The van der Waals surface area contributed by atoms with Crippen molar-refractivity contribution in [2.24, 2.45) is 10.9 Å². The van der Waals surface area contributed by atoms with Crippen molar-refractivity contribution in [3.63, 3.8) is 0 Å². The molecule has 0 saturated heterocycles. The fourth-order valence-electron chi connectivity index (χ4n) is 5.36. The summed E-state index contributed by atoms with van der Waals surface area (Å²) in [6, 6.07) is 23.3. The van der Waals surface area contributed by atoms with Gasteiger partial charge in [0.25, 0.3) is 0 Å². The Balaban J connectivity index is 1.52. The Morgan fingerprint density at radius 1 is 0.844 bits per heavy atom. The first kappa shape index (κ1) is 31.5. The Morgan fingerprint density at radius 2 is 1.53 bits per heavy atom. The topological polar surface area (TPSA) is 90.1 Å². The predicted molar refractivity (Wildman–Crippen MR) is 178 cm³/mol. The van der Waals surface area contributed by atoms with Crippen molar-refractivity contribution in [3.05, 3.63) is 106 Å². The van der Waals surface area contributed by atoms with Gasteiger partial charge in [0.15, 0.2) is 0 Å². The van der Waals surface area contributed by atoms with Gasteiger partial charge < -0.3 is 19.2 Å². The predicted octanol–water partition coefficient (Wildman–Crippen LogP) is 8.23. The van der Waals surface area contributed by atoms with Gasteiger partial charge in [-0.25, -0.2) is 4.79 Å². The number of hydrogen-bond acceptors (Lipinski definition) is 7. The third kappa shape index (κ3) is 6.93. The molecule has 2 aliphatic rings. The van der Waals surface area contributed by atoms with Gasteiger partial charge in [0, 0.05) is 47.4 Å². The van der Waals surface area contributed by atoms with Crippen LogP contribution in [-0.2, 0) is 27.5 Å². The Labute approximate surface area is 264 Å². The molecule has 1 aliphatic heterocycles. The summed E-state index contributed by atoms with van der Waals surface area (Å²) >= 11 is 0. The first-order valence-electron chi connectivity index (χ1n) is 15.5. The zero-order valence-electron chi connectivity index (χ0n) is 26.8. The van der Waals surface area contributed by atoms with Crippen LogP contribution in [0.1, 0.15) is 60.3 Å². The van der Waals surface area contributed by atoms with E-state index in [0.717, 1.165) is 61.9 Å². The smallest absolute Gasteiger partial charge is 0.339 e. The second-order valence-electron chi connectivity index (χ2n) is 11.5. The van der Waals surface area contributed by atoms with E-state index in [9.17, 15) is 9.59 Å². The van der Waals surface area contributed by atoms with E-state index in [4.69, 9.17) is 13.9 Å². The third-order valence-electron chi connectivity index (χ3n) is 7.74. The van der Waals surface area contributed by atoms with E-state index >= 15 is 0 Å². The number of fused-ring (bicyclic) bond motifs is 2. The Morgan fingerprint density at radius 3 is 2.20 bits per heavy atom. The number of esters is 2. The molecule has 0 fully saturated rings. The van der Waals surface area contributed by atoms with Crippen LogP contribution >= 0.6 is 0 Å². The van der Waals surface area contributed by atoms with E-state index in [1.54, 1.807) is 19.9 Å². The molecule has 0 radical (unpaired) electrons. The van der Waals surface area contributed by atoms with Gasteiger partial charge in [-0.2, -0.15) is 0 Å². The molecule has 0 aromatic heterocycles. The number of benzene rings is 4. The summed E-state index contributed by atoms with van der Waals surface area (Å²) in [4.78, 5) is 30.1. The highest BCUT2D eigenvalue weighted by atomic mass is 16.5. The van der Waals surface area contributed by atoms with Gasteiger partial charge in [-0.3, -0.25) is 9.79 Å². The summed E-state index contributed by atoms with van der Waals surface area (Å²) in [5.74, 6) is -0.133. The summed E-state index contributed by atoms with van der Waals surface area (Å²) in [5, 5.41) is 5.22. The number of anilines is 1. The average molecular weight is 605 g/mol. The highest BCUT2D eigenvalue weighted by Gasteiger charge is 2.23. The van der Waals surface area contributed by atoms with Crippen LogP contribution in [0, 0.1) is 19.8 Å². The van der Waals surface area contributed by atoms with Crippen LogP contribution in [0.5, 0.6) is 0 Å². The van der Waals surface area contributed by atoms with Crippen LogP contribution in [0.3, 0.4) is 0 Å². The second kappa shape index (κ2) is 13.8. The molecule has 1 heterocycles. The molecule has 0 saturated carbocycles. The van der Waals surface area contributed by atoms with Crippen molar-refractivity contribution < 1.29 is 23.5 Å². The van der Waals surface area contributed by atoms with E-state index < -0.39 is 5.97 Å². The first-order chi connectivity index (χ1) is 21.7. The lowest BCUT2D eigenvalue weighted by Crippen LogP contribution is -2.11. The number of ether oxygens (including phenoxy) is 2. The normalized spacial score (nSPS) is 11.8. The maximum Gasteiger partial charge on any atom is 0.339 e. The van der Waals surface area contributed by atoms with Crippen LogP contribution < -0.4 is 10.7 Å². The highest BCUT2D eigenvalue weighted by molar-refractivity contribution is 6.08. The molecule has 0 amide bonds. The Kier molecular flexibility index (Phi) is 9.67. The number of hydrogen-bond donors (Lipinski definition) is 1. The van der Waals surface area contributed by atoms with Gasteiger partial charge in [0.05, 0.1) is 16.8 Å². The summed E-state index contributed by atoms with van der Waals surface area (Å²) < 4.78 is 17.7. The minimum Gasteiger partial charge on any atom is -0.461 e. The molecule has 232 valence electrons. The molecular formula is C38H40N2O5. The maximum atomic E-state index is 13.7. The molecule has 45 heavy (non-hydrogen) atoms. The molecule has 1 N–H and O–H groups in total. The van der Waals surface area contributed by atoms with Crippen LogP contribution in [0.15, 0.2) is 82.2 Å². The van der Waals surface area contributed by atoms with Crippen LogP contribution in [-0.4, -0.2) is 25.0 Å². The Hall–Kier alpha value is -4.91. The maximum absolute atomic E-state index is 13.7. The molecule has 1 aliphatic carbocycles. The monoisotopic (exact) mass is 604 g/mol. The van der Waals surface area contributed by atoms with Crippen molar-refractivity contribution in [3.8, 4) is 22.5 Å². The number of carbonyl (C=O) groups is 2. The first-order valence-corrected chi connectivity index (χ1v) is 15.5. The summed E-state index contributed by atoms with van der Waals surface area (Å²) in [7, 11) is 0. The van der Waals surface area contributed by atoms with Gasteiger partial charge in [-0.05, 0) is 73.7 Å². The van der Waals surface area contributed by atoms with E-state index in [-0.39, 0.29) is 25.1 Å². The second-order valence-corrected chi connectivity index (χ2v) is 11.5. The molecule has 0 spiro atoms. The average Bonchev–Trinajstić information content (AvgIpc) is 3.03. The molecule has 7 heteroatoms. The fraction of sp³-hybridized carbons (Fsp3) is 0.289. The molecule has 3 aromatic rings. The van der Waals surface area contributed by atoms with Crippen LogP contribution in [0.2, 0.25) is 0 Å². The van der Waals surface area contributed by atoms with Crippen LogP contribution in [0.25, 0.3) is 33.4 Å². The molecule has 5 rings (SSSR count). The van der Waals surface area contributed by atoms with E-state index in [1.807, 2.05) is 68.4 Å². The van der Waals surface area contributed by atoms with Gasteiger partial charge in [-0.1, -0.05) is 56.3 Å². The highest BCUT2D eigenvalue weighted by Crippen LogP contribution is 2.43. The van der Waals surface area contributed by atoms with E-state index in [1.165, 1.54) is 0 Å². The number of nitrogens with zero attached hydrogens (tertiary/aromatic N) is 1.